The van der Waals surface area contributed by atoms with Crippen molar-refractivity contribution in [3.63, 3.8) is 0 Å². The molecule has 102 valence electrons. The minimum atomic E-state index is -0.257. The summed E-state index contributed by atoms with van der Waals surface area (Å²) in [6.07, 6.45) is 4.96. The van der Waals surface area contributed by atoms with E-state index in [-0.39, 0.29) is 5.69 Å². The molecule has 3 rings (SSSR count). The fourth-order valence-corrected chi connectivity index (χ4v) is 2.94. The van der Waals surface area contributed by atoms with E-state index < -0.39 is 0 Å². The number of rotatable bonds is 3. The molecule has 1 aliphatic rings. The van der Waals surface area contributed by atoms with Gasteiger partial charge in [0, 0.05) is 25.0 Å². The van der Waals surface area contributed by atoms with Gasteiger partial charge in [-0.05, 0) is 25.2 Å². The second-order valence-corrected chi connectivity index (χ2v) is 5.31. The summed E-state index contributed by atoms with van der Waals surface area (Å²) >= 11 is 5.82. The Kier molecular flexibility index (Phi) is 3.42. The molecule has 7 heteroatoms. The summed E-state index contributed by atoms with van der Waals surface area (Å²) in [5.74, 6) is 2.22. The van der Waals surface area contributed by atoms with Gasteiger partial charge in [0.05, 0.1) is 0 Å². The zero-order chi connectivity index (χ0) is 13.2. The number of alkyl halides is 1. The van der Waals surface area contributed by atoms with Crippen molar-refractivity contribution in [3.05, 3.63) is 22.9 Å². The molecule has 1 aliphatic heterocycles. The first kappa shape index (κ1) is 12.5. The van der Waals surface area contributed by atoms with E-state index in [1.807, 2.05) is 6.07 Å². The molecule has 3 heterocycles. The molecule has 1 atom stereocenters. The molecule has 0 aromatic carbocycles. The zero-order valence-corrected chi connectivity index (χ0v) is 11.3. The Morgan fingerprint density at radius 3 is 3.26 bits per heavy atom. The monoisotopic (exact) mass is 281 g/mol. The molecule has 2 aromatic heterocycles. The Morgan fingerprint density at radius 2 is 2.42 bits per heavy atom. The predicted molar refractivity (Wildman–Crippen MR) is 73.9 cm³/mol. The van der Waals surface area contributed by atoms with Gasteiger partial charge in [0.1, 0.15) is 12.1 Å². The summed E-state index contributed by atoms with van der Waals surface area (Å²) in [5.41, 5.74) is 0.349. The van der Waals surface area contributed by atoms with Crippen LogP contribution in [0.15, 0.2) is 17.2 Å². The Bertz CT molecular complexity index is 620. The zero-order valence-electron chi connectivity index (χ0n) is 10.5. The topological polar surface area (TPSA) is 66.3 Å². The molecule has 1 saturated heterocycles. The van der Waals surface area contributed by atoms with Gasteiger partial charge >= 0.3 is 5.69 Å². The van der Waals surface area contributed by atoms with Crippen molar-refractivity contribution in [2.45, 2.75) is 19.3 Å². The number of nitrogens with one attached hydrogen (secondary N) is 1. The first-order chi connectivity index (χ1) is 9.28. The number of anilines is 1. The highest BCUT2D eigenvalue weighted by Crippen LogP contribution is 2.24. The van der Waals surface area contributed by atoms with E-state index in [1.165, 1.54) is 17.1 Å². The third kappa shape index (κ3) is 2.45. The van der Waals surface area contributed by atoms with E-state index in [2.05, 4.69) is 20.1 Å². The van der Waals surface area contributed by atoms with Crippen molar-refractivity contribution in [3.8, 4) is 0 Å². The van der Waals surface area contributed by atoms with Gasteiger partial charge in [-0.25, -0.2) is 19.3 Å². The van der Waals surface area contributed by atoms with Crippen molar-refractivity contribution < 1.29 is 0 Å². The third-order valence-electron chi connectivity index (χ3n) is 3.66. The molecular weight excluding hydrogens is 266 g/mol. The molecule has 1 unspecified atom stereocenters. The Balaban J connectivity index is 1.84. The second kappa shape index (κ2) is 5.21. The molecule has 0 spiro atoms. The minimum absolute atomic E-state index is 0.257. The molecule has 2 aromatic rings. The van der Waals surface area contributed by atoms with Crippen molar-refractivity contribution in [1.82, 2.24) is 19.6 Å². The average molecular weight is 282 g/mol. The number of halogens is 1. The van der Waals surface area contributed by atoms with Crippen LogP contribution in [-0.2, 0) is 0 Å². The van der Waals surface area contributed by atoms with Crippen LogP contribution >= 0.6 is 11.6 Å². The van der Waals surface area contributed by atoms with Gasteiger partial charge in [0.2, 0.25) is 0 Å². The maximum atomic E-state index is 11.4. The third-order valence-corrected chi connectivity index (χ3v) is 3.87. The van der Waals surface area contributed by atoms with Crippen LogP contribution in [0.1, 0.15) is 19.3 Å². The van der Waals surface area contributed by atoms with Crippen LogP contribution in [0.4, 0.5) is 5.82 Å². The van der Waals surface area contributed by atoms with Crippen molar-refractivity contribution in [2.24, 2.45) is 5.92 Å². The van der Waals surface area contributed by atoms with Gasteiger partial charge in [0.15, 0.2) is 5.65 Å². The molecular formula is C12H16ClN5O. The first-order valence-corrected chi connectivity index (χ1v) is 7.05. The first-order valence-electron chi connectivity index (χ1n) is 6.51. The van der Waals surface area contributed by atoms with Gasteiger partial charge in [-0.2, -0.15) is 5.10 Å². The summed E-state index contributed by atoms with van der Waals surface area (Å²) in [5, 5.41) is 6.38. The smallest absolute Gasteiger partial charge is 0.348 e. The van der Waals surface area contributed by atoms with Crippen LogP contribution in [0.2, 0.25) is 0 Å². The minimum Gasteiger partial charge on any atom is -0.356 e. The molecule has 1 N–H and O–H groups in total. The molecule has 1 fully saturated rings. The van der Waals surface area contributed by atoms with Crippen molar-refractivity contribution in [1.29, 1.82) is 0 Å². The predicted octanol–water partition coefficient (Wildman–Crippen LogP) is 1.26. The van der Waals surface area contributed by atoms with E-state index >= 15 is 0 Å². The molecule has 0 radical (unpaired) electrons. The highest BCUT2D eigenvalue weighted by Gasteiger charge is 2.20. The van der Waals surface area contributed by atoms with E-state index in [1.54, 1.807) is 0 Å². The van der Waals surface area contributed by atoms with E-state index in [9.17, 15) is 4.79 Å². The lowest BCUT2D eigenvalue weighted by atomic mass is 9.95. The lowest BCUT2D eigenvalue weighted by molar-refractivity contribution is 0.404. The number of hydrogen-bond acceptors (Lipinski definition) is 4. The number of nitrogens with zero attached hydrogens (tertiary/aromatic N) is 4. The van der Waals surface area contributed by atoms with E-state index in [4.69, 9.17) is 11.6 Å². The van der Waals surface area contributed by atoms with E-state index in [0.29, 0.717) is 17.4 Å². The normalized spacial score (nSPS) is 20.1. The quantitative estimate of drug-likeness (QED) is 0.860. The van der Waals surface area contributed by atoms with Gasteiger partial charge in [-0.15, -0.1) is 11.6 Å². The lowest BCUT2D eigenvalue weighted by Crippen LogP contribution is -2.36. The Hall–Kier alpha value is -1.56. The van der Waals surface area contributed by atoms with Crippen LogP contribution in [-0.4, -0.2) is 38.6 Å². The number of aromatic amines is 1. The van der Waals surface area contributed by atoms with Gasteiger partial charge < -0.3 is 4.90 Å². The fourth-order valence-electron chi connectivity index (χ4n) is 2.64. The standard InChI is InChI=1S/C12H16ClN5O/c13-4-3-9-2-1-5-17(7-9)10-6-11-15-16-12(19)18(11)8-14-10/h6,8-9H,1-5,7H2,(H,16,19). The van der Waals surface area contributed by atoms with Gasteiger partial charge in [-0.1, -0.05) is 0 Å². The van der Waals surface area contributed by atoms with Crippen LogP contribution < -0.4 is 10.6 Å². The highest BCUT2D eigenvalue weighted by atomic mass is 35.5. The summed E-state index contributed by atoms with van der Waals surface area (Å²) < 4.78 is 1.41. The average Bonchev–Trinajstić information content (AvgIpc) is 2.81. The molecule has 0 saturated carbocycles. The number of piperidine rings is 1. The second-order valence-electron chi connectivity index (χ2n) is 4.94. The highest BCUT2D eigenvalue weighted by molar-refractivity contribution is 6.17. The van der Waals surface area contributed by atoms with Crippen LogP contribution in [0.3, 0.4) is 0 Å². The number of hydrogen-bond donors (Lipinski definition) is 1. The van der Waals surface area contributed by atoms with E-state index in [0.717, 1.165) is 31.7 Å². The lowest BCUT2D eigenvalue weighted by Gasteiger charge is -2.33. The number of fused-ring (bicyclic) bond motifs is 1. The SMILES string of the molecule is O=c1[nH]nc2cc(N3CCCC(CCCl)C3)ncn12. The number of H-pyrrole nitrogens is 1. The largest absolute Gasteiger partial charge is 0.356 e. The van der Waals surface area contributed by atoms with Crippen LogP contribution in [0.5, 0.6) is 0 Å². The Labute approximate surface area is 115 Å². The van der Waals surface area contributed by atoms with Crippen molar-refractivity contribution in [2.75, 3.05) is 23.9 Å². The molecule has 19 heavy (non-hydrogen) atoms. The molecule has 6 nitrogen and oxygen atoms in total. The summed E-state index contributed by atoms with van der Waals surface area (Å²) in [4.78, 5) is 18.0. The maximum absolute atomic E-state index is 11.4. The maximum Gasteiger partial charge on any atom is 0.348 e. The molecule has 0 bridgehead atoms. The van der Waals surface area contributed by atoms with Gasteiger partial charge in [-0.3, -0.25) is 0 Å². The number of aromatic nitrogens is 4. The fraction of sp³-hybridized carbons (Fsp3) is 0.583. The van der Waals surface area contributed by atoms with Crippen LogP contribution in [0, 0.1) is 5.92 Å². The summed E-state index contributed by atoms with van der Waals surface area (Å²) in [7, 11) is 0. The summed E-state index contributed by atoms with van der Waals surface area (Å²) in [6, 6.07) is 1.85. The molecule has 0 aliphatic carbocycles. The Morgan fingerprint density at radius 1 is 1.53 bits per heavy atom. The van der Waals surface area contributed by atoms with Crippen molar-refractivity contribution >= 4 is 23.1 Å². The molecule has 0 amide bonds. The van der Waals surface area contributed by atoms with Gasteiger partial charge in [0.25, 0.3) is 0 Å². The van der Waals surface area contributed by atoms with Crippen LogP contribution in [0.25, 0.3) is 5.65 Å². The summed E-state index contributed by atoms with van der Waals surface area (Å²) in [6.45, 7) is 1.97.